The molecule has 17 heavy (non-hydrogen) atoms. The van der Waals surface area contributed by atoms with Crippen molar-refractivity contribution in [2.24, 2.45) is 5.41 Å². The Morgan fingerprint density at radius 1 is 1.65 bits per heavy atom. The Hall–Kier alpha value is -1.43. The molecule has 0 bridgehead atoms. The number of hydrogen-bond acceptors (Lipinski definition) is 5. The molecule has 2 heterocycles. The fraction of sp³-hybridized carbons (Fsp3) is 0.727. The van der Waals surface area contributed by atoms with E-state index in [1.54, 1.807) is 6.92 Å². The number of carbonyl (C=O) groups excluding carboxylic acids is 1. The molecule has 0 spiro atoms. The Bertz CT molecular complexity index is 396. The third-order valence-electron chi connectivity index (χ3n) is 3.38. The Morgan fingerprint density at radius 3 is 3.00 bits per heavy atom. The van der Waals surface area contributed by atoms with E-state index in [0.717, 1.165) is 25.8 Å². The molecule has 2 rings (SSSR count). The normalized spacial score (nSPS) is 24.6. The van der Waals surface area contributed by atoms with Crippen molar-refractivity contribution in [3.63, 3.8) is 0 Å². The maximum absolute atomic E-state index is 12.3. The second-order valence-corrected chi connectivity index (χ2v) is 4.52. The number of rotatable bonds is 3. The summed E-state index contributed by atoms with van der Waals surface area (Å²) < 4.78 is 4.90. The molecule has 2 N–H and O–H groups in total. The fourth-order valence-corrected chi connectivity index (χ4v) is 2.20. The number of hydrogen-bond donors (Lipinski definition) is 2. The number of nitrogens with one attached hydrogen (secondary N) is 2. The van der Waals surface area contributed by atoms with Gasteiger partial charge in [0.2, 0.25) is 5.91 Å². The largest absolute Gasteiger partial charge is 0.328 e. The van der Waals surface area contributed by atoms with Crippen LogP contribution in [0.4, 0.5) is 6.01 Å². The highest BCUT2D eigenvalue weighted by molar-refractivity contribution is 5.93. The van der Waals surface area contributed by atoms with Gasteiger partial charge < -0.3 is 9.84 Å². The number of aromatic nitrogens is 2. The third-order valence-corrected chi connectivity index (χ3v) is 3.38. The van der Waals surface area contributed by atoms with E-state index in [9.17, 15) is 4.79 Å². The summed E-state index contributed by atoms with van der Waals surface area (Å²) in [4.78, 5) is 16.2. The van der Waals surface area contributed by atoms with Crippen LogP contribution in [-0.4, -0.2) is 29.1 Å². The van der Waals surface area contributed by atoms with Gasteiger partial charge >= 0.3 is 6.01 Å². The highest BCUT2D eigenvalue weighted by Crippen LogP contribution is 2.31. The van der Waals surface area contributed by atoms with Gasteiger partial charge in [-0.1, -0.05) is 12.1 Å². The van der Waals surface area contributed by atoms with Gasteiger partial charge in [0, 0.05) is 6.54 Å². The van der Waals surface area contributed by atoms with Gasteiger partial charge in [0.15, 0.2) is 5.82 Å². The average Bonchev–Trinajstić information content (AvgIpc) is 2.75. The lowest BCUT2D eigenvalue weighted by molar-refractivity contribution is -0.127. The average molecular weight is 238 g/mol. The van der Waals surface area contributed by atoms with Gasteiger partial charge in [-0.05, 0) is 32.7 Å². The van der Waals surface area contributed by atoms with Crippen LogP contribution in [0.5, 0.6) is 0 Å². The van der Waals surface area contributed by atoms with Crippen molar-refractivity contribution in [2.75, 3.05) is 18.4 Å². The minimum Gasteiger partial charge on any atom is -0.316 e. The lowest BCUT2D eigenvalue weighted by Gasteiger charge is -2.34. The summed E-state index contributed by atoms with van der Waals surface area (Å²) >= 11 is 0. The molecule has 1 aromatic heterocycles. The summed E-state index contributed by atoms with van der Waals surface area (Å²) in [5, 5.41) is 9.62. The molecule has 1 aliphatic heterocycles. The third kappa shape index (κ3) is 2.46. The number of piperidine rings is 1. The number of anilines is 1. The Labute approximate surface area is 100 Å². The van der Waals surface area contributed by atoms with Gasteiger partial charge in [0.1, 0.15) is 0 Å². The van der Waals surface area contributed by atoms with E-state index in [4.69, 9.17) is 4.52 Å². The highest BCUT2D eigenvalue weighted by Gasteiger charge is 2.38. The molecule has 0 aromatic carbocycles. The Balaban J connectivity index is 2.07. The number of nitrogens with zero attached hydrogens (tertiary/aromatic N) is 2. The van der Waals surface area contributed by atoms with Gasteiger partial charge in [0.05, 0.1) is 5.41 Å². The molecular weight excluding hydrogens is 220 g/mol. The minimum absolute atomic E-state index is 0.0316. The van der Waals surface area contributed by atoms with Crippen LogP contribution >= 0.6 is 0 Å². The molecule has 1 aromatic rings. The first-order valence-corrected chi connectivity index (χ1v) is 5.99. The molecule has 1 saturated heterocycles. The number of amides is 1. The first-order valence-electron chi connectivity index (χ1n) is 5.99. The van der Waals surface area contributed by atoms with E-state index in [-0.39, 0.29) is 17.3 Å². The van der Waals surface area contributed by atoms with Gasteiger partial charge in [-0.2, -0.15) is 4.98 Å². The van der Waals surface area contributed by atoms with Crippen LogP contribution in [0.2, 0.25) is 0 Å². The molecule has 6 nitrogen and oxygen atoms in total. The molecule has 1 fully saturated rings. The van der Waals surface area contributed by atoms with Crippen molar-refractivity contribution in [2.45, 2.75) is 33.1 Å². The van der Waals surface area contributed by atoms with Crippen molar-refractivity contribution in [3.05, 3.63) is 5.82 Å². The van der Waals surface area contributed by atoms with Crippen molar-refractivity contribution < 1.29 is 9.32 Å². The smallest absolute Gasteiger partial charge is 0.316 e. The molecule has 0 radical (unpaired) electrons. The fourth-order valence-electron chi connectivity index (χ4n) is 2.20. The van der Waals surface area contributed by atoms with E-state index >= 15 is 0 Å². The van der Waals surface area contributed by atoms with Crippen LogP contribution in [0.15, 0.2) is 4.52 Å². The van der Waals surface area contributed by atoms with E-state index in [1.165, 1.54) is 0 Å². The van der Waals surface area contributed by atoms with Gasteiger partial charge in [-0.3, -0.25) is 10.1 Å². The van der Waals surface area contributed by atoms with Crippen molar-refractivity contribution >= 4 is 11.9 Å². The molecule has 1 amide bonds. The topological polar surface area (TPSA) is 80.1 Å². The maximum Gasteiger partial charge on any atom is 0.328 e. The summed E-state index contributed by atoms with van der Waals surface area (Å²) in [6.45, 7) is 5.44. The quantitative estimate of drug-likeness (QED) is 0.824. The first-order chi connectivity index (χ1) is 8.16. The lowest BCUT2D eigenvalue weighted by atomic mass is 9.77. The lowest BCUT2D eigenvalue weighted by Crippen LogP contribution is -2.47. The van der Waals surface area contributed by atoms with Crippen LogP contribution in [0.1, 0.15) is 32.0 Å². The zero-order chi connectivity index (χ0) is 12.3. The monoisotopic (exact) mass is 238 g/mol. The maximum atomic E-state index is 12.3. The molecule has 1 unspecified atom stereocenters. The molecule has 1 aliphatic rings. The molecule has 6 heteroatoms. The van der Waals surface area contributed by atoms with Crippen LogP contribution in [0, 0.1) is 12.3 Å². The number of aryl methyl sites for hydroxylation is 1. The van der Waals surface area contributed by atoms with Crippen LogP contribution in [0.3, 0.4) is 0 Å². The molecular formula is C11H18N4O2. The molecule has 94 valence electrons. The van der Waals surface area contributed by atoms with Crippen molar-refractivity contribution in [1.29, 1.82) is 0 Å². The van der Waals surface area contributed by atoms with E-state index in [1.807, 2.05) is 6.92 Å². The second-order valence-electron chi connectivity index (χ2n) is 4.52. The van der Waals surface area contributed by atoms with E-state index < -0.39 is 0 Å². The van der Waals surface area contributed by atoms with Gasteiger partial charge in [-0.25, -0.2) is 0 Å². The highest BCUT2D eigenvalue weighted by atomic mass is 16.5. The Kier molecular flexibility index (Phi) is 3.42. The summed E-state index contributed by atoms with van der Waals surface area (Å²) in [5.74, 6) is 0.489. The zero-order valence-corrected chi connectivity index (χ0v) is 10.2. The minimum atomic E-state index is -0.347. The van der Waals surface area contributed by atoms with Crippen LogP contribution in [0.25, 0.3) is 0 Å². The SMILES string of the molecule is CCC1(C(=O)Nc2nc(C)no2)CCCNC1. The predicted octanol–water partition coefficient (Wildman–Crippen LogP) is 1.10. The first kappa shape index (κ1) is 12.0. The standard InChI is InChI=1S/C11H18N4O2/c1-3-11(5-4-6-12-7-11)9(16)14-10-13-8(2)15-17-10/h12H,3-7H2,1-2H3,(H,13,14,15,16). The van der Waals surface area contributed by atoms with Crippen LogP contribution in [-0.2, 0) is 4.79 Å². The van der Waals surface area contributed by atoms with Gasteiger partial charge in [0.25, 0.3) is 0 Å². The van der Waals surface area contributed by atoms with E-state index in [0.29, 0.717) is 12.4 Å². The van der Waals surface area contributed by atoms with Crippen LogP contribution < -0.4 is 10.6 Å². The molecule has 0 aliphatic carbocycles. The summed E-state index contributed by atoms with van der Waals surface area (Å²) in [6.07, 6.45) is 2.72. The summed E-state index contributed by atoms with van der Waals surface area (Å²) in [7, 11) is 0. The predicted molar refractivity (Wildman–Crippen MR) is 62.5 cm³/mol. The van der Waals surface area contributed by atoms with Gasteiger partial charge in [-0.15, -0.1) is 0 Å². The molecule has 0 saturated carbocycles. The zero-order valence-electron chi connectivity index (χ0n) is 10.2. The number of carbonyl (C=O) groups is 1. The van der Waals surface area contributed by atoms with Crippen molar-refractivity contribution in [1.82, 2.24) is 15.5 Å². The second kappa shape index (κ2) is 4.83. The molecule has 1 atom stereocenters. The summed E-state index contributed by atoms with van der Waals surface area (Å²) in [6, 6.07) is 0.186. The summed E-state index contributed by atoms with van der Waals surface area (Å²) in [5.41, 5.74) is -0.347. The van der Waals surface area contributed by atoms with E-state index in [2.05, 4.69) is 20.8 Å². The Morgan fingerprint density at radius 2 is 2.47 bits per heavy atom. The van der Waals surface area contributed by atoms with Crippen molar-refractivity contribution in [3.8, 4) is 0 Å².